The van der Waals surface area contributed by atoms with Crippen molar-refractivity contribution in [2.75, 3.05) is 4.72 Å². The molecule has 0 spiro atoms. The van der Waals surface area contributed by atoms with Gasteiger partial charge in [0.2, 0.25) is 0 Å². The molecule has 2 aromatic rings. The lowest BCUT2D eigenvalue weighted by atomic mass is 10.1. The van der Waals surface area contributed by atoms with Gasteiger partial charge in [0.1, 0.15) is 15.2 Å². The molecule has 0 aliphatic rings. The van der Waals surface area contributed by atoms with Crippen LogP contribution in [0.25, 0.3) is 0 Å². The maximum absolute atomic E-state index is 12.3. The fourth-order valence-corrected chi connectivity index (χ4v) is 3.95. The van der Waals surface area contributed by atoms with Crippen LogP contribution in [0.5, 0.6) is 0 Å². The summed E-state index contributed by atoms with van der Waals surface area (Å²) in [6, 6.07) is 9.03. The largest absolute Gasteiger partial charge is 0.478 e. The van der Waals surface area contributed by atoms with E-state index in [0.717, 1.165) is 11.3 Å². The zero-order chi connectivity index (χ0) is 15.6. The van der Waals surface area contributed by atoms with E-state index in [2.05, 4.69) is 4.72 Å². The molecule has 0 bridgehead atoms. The number of nitrogens with zero attached hydrogens (tertiary/aromatic N) is 1. The molecule has 2 rings (SSSR count). The van der Waals surface area contributed by atoms with Crippen LogP contribution >= 0.6 is 11.3 Å². The average Bonchev–Trinajstić information content (AvgIpc) is 2.90. The minimum Gasteiger partial charge on any atom is -0.478 e. The van der Waals surface area contributed by atoms with Crippen LogP contribution < -0.4 is 4.72 Å². The van der Waals surface area contributed by atoms with E-state index in [9.17, 15) is 13.2 Å². The Hall–Kier alpha value is -2.37. The molecule has 6 nitrogen and oxygen atoms in total. The van der Waals surface area contributed by atoms with Crippen LogP contribution in [0.15, 0.2) is 34.5 Å². The highest BCUT2D eigenvalue weighted by Gasteiger charge is 2.21. The van der Waals surface area contributed by atoms with Gasteiger partial charge in [-0.25, -0.2) is 13.2 Å². The Morgan fingerprint density at radius 3 is 2.62 bits per heavy atom. The van der Waals surface area contributed by atoms with Crippen molar-refractivity contribution >= 4 is 33.0 Å². The summed E-state index contributed by atoms with van der Waals surface area (Å²) in [7, 11) is -3.93. The number of carbonyl (C=O) groups is 1. The van der Waals surface area contributed by atoms with E-state index in [0.29, 0.717) is 5.56 Å². The van der Waals surface area contributed by atoms with Crippen LogP contribution in [-0.2, 0) is 10.0 Å². The Bertz CT molecular complexity index is 847. The second-order valence-corrected chi connectivity index (χ2v) is 7.13. The minimum atomic E-state index is -3.93. The van der Waals surface area contributed by atoms with Crippen LogP contribution in [0.1, 0.15) is 20.8 Å². The van der Waals surface area contributed by atoms with Crippen LogP contribution in [0, 0.1) is 18.3 Å². The smallest absolute Gasteiger partial charge is 0.337 e. The monoisotopic (exact) mass is 322 g/mol. The Labute approximate surface area is 125 Å². The molecular formula is C13H10N2O4S2. The number of nitriles is 1. The Balaban J connectivity index is 2.47. The third kappa shape index (κ3) is 3.04. The second-order valence-electron chi connectivity index (χ2n) is 4.14. The fourth-order valence-electron chi connectivity index (χ4n) is 1.69. The molecule has 0 saturated carbocycles. The predicted octanol–water partition coefficient (Wildman–Crippen LogP) is 2.43. The Kier molecular flexibility index (Phi) is 3.97. The highest BCUT2D eigenvalue weighted by atomic mass is 32.2. The number of sulfonamides is 1. The van der Waals surface area contributed by atoms with Gasteiger partial charge in [0, 0.05) is 0 Å². The van der Waals surface area contributed by atoms with E-state index in [4.69, 9.17) is 10.4 Å². The molecule has 1 aromatic carbocycles. The lowest BCUT2D eigenvalue weighted by Gasteiger charge is -2.12. The quantitative estimate of drug-likeness (QED) is 0.899. The SMILES string of the molecule is Cc1cccc(C(=O)O)c1NS(=O)(=O)c1ccc(C#N)s1. The first-order chi connectivity index (χ1) is 9.85. The van der Waals surface area contributed by atoms with Crippen molar-refractivity contribution in [2.45, 2.75) is 11.1 Å². The third-order valence-corrected chi connectivity index (χ3v) is 5.53. The zero-order valence-corrected chi connectivity index (χ0v) is 12.5. The van der Waals surface area contributed by atoms with Crippen molar-refractivity contribution in [1.29, 1.82) is 5.26 Å². The van der Waals surface area contributed by atoms with Crippen LogP contribution in [0.3, 0.4) is 0 Å². The van der Waals surface area contributed by atoms with Crippen molar-refractivity contribution in [3.63, 3.8) is 0 Å². The number of thiophene rings is 1. The van der Waals surface area contributed by atoms with Crippen molar-refractivity contribution in [2.24, 2.45) is 0 Å². The number of rotatable bonds is 4. The average molecular weight is 322 g/mol. The summed E-state index contributed by atoms with van der Waals surface area (Å²) in [5, 5.41) is 17.9. The molecular weight excluding hydrogens is 312 g/mol. The normalized spacial score (nSPS) is 10.9. The predicted molar refractivity (Wildman–Crippen MR) is 78.0 cm³/mol. The van der Waals surface area contributed by atoms with Gasteiger partial charge in [-0.3, -0.25) is 4.72 Å². The van der Waals surface area contributed by atoms with Crippen LogP contribution in [-0.4, -0.2) is 19.5 Å². The Morgan fingerprint density at radius 2 is 2.05 bits per heavy atom. The number of para-hydroxylation sites is 1. The van der Waals surface area contributed by atoms with Gasteiger partial charge in [-0.05, 0) is 30.7 Å². The molecule has 0 fully saturated rings. The fraction of sp³-hybridized carbons (Fsp3) is 0.0769. The van der Waals surface area contributed by atoms with Gasteiger partial charge in [0.05, 0.1) is 11.3 Å². The molecule has 0 amide bonds. The summed E-state index contributed by atoms with van der Waals surface area (Å²) in [5.74, 6) is -1.22. The van der Waals surface area contributed by atoms with Crippen molar-refractivity contribution < 1.29 is 18.3 Å². The molecule has 108 valence electrons. The lowest BCUT2D eigenvalue weighted by molar-refractivity contribution is 0.0698. The van der Waals surface area contributed by atoms with Crippen LogP contribution in [0.4, 0.5) is 5.69 Å². The first-order valence-corrected chi connectivity index (χ1v) is 8.01. The molecule has 0 radical (unpaired) electrons. The molecule has 0 unspecified atom stereocenters. The van der Waals surface area contributed by atoms with Gasteiger partial charge in [0.15, 0.2) is 0 Å². The molecule has 1 aromatic heterocycles. The number of nitrogens with one attached hydrogen (secondary N) is 1. The third-order valence-electron chi connectivity index (χ3n) is 2.70. The first kappa shape index (κ1) is 15.0. The van der Waals surface area contributed by atoms with E-state index >= 15 is 0 Å². The summed E-state index contributed by atoms with van der Waals surface area (Å²) in [6.07, 6.45) is 0. The van der Waals surface area contributed by atoms with Crippen LogP contribution in [0.2, 0.25) is 0 Å². The van der Waals surface area contributed by atoms with Gasteiger partial charge in [-0.1, -0.05) is 12.1 Å². The number of hydrogen-bond acceptors (Lipinski definition) is 5. The summed E-state index contributed by atoms with van der Waals surface area (Å²) in [4.78, 5) is 11.4. The number of carboxylic acids is 1. The second kappa shape index (κ2) is 5.55. The molecule has 21 heavy (non-hydrogen) atoms. The Morgan fingerprint density at radius 1 is 1.33 bits per heavy atom. The van der Waals surface area contributed by atoms with Crippen molar-refractivity contribution in [3.05, 3.63) is 46.3 Å². The van der Waals surface area contributed by atoms with E-state index < -0.39 is 16.0 Å². The molecule has 8 heteroatoms. The van der Waals surface area contributed by atoms with E-state index in [1.54, 1.807) is 13.0 Å². The van der Waals surface area contributed by atoms with Gasteiger partial charge < -0.3 is 5.11 Å². The van der Waals surface area contributed by atoms with Gasteiger partial charge in [-0.2, -0.15) is 5.26 Å². The summed E-state index contributed by atoms with van der Waals surface area (Å²) in [6.45, 7) is 1.61. The van der Waals surface area contributed by atoms with E-state index in [1.807, 2.05) is 6.07 Å². The van der Waals surface area contributed by atoms with Crippen molar-refractivity contribution in [1.82, 2.24) is 0 Å². The minimum absolute atomic E-state index is 0.0249. The zero-order valence-electron chi connectivity index (χ0n) is 10.8. The summed E-state index contributed by atoms with van der Waals surface area (Å²) >= 11 is 0.820. The summed E-state index contributed by atoms with van der Waals surface area (Å²) in [5.41, 5.74) is 0.392. The number of anilines is 1. The highest BCUT2D eigenvalue weighted by molar-refractivity contribution is 7.94. The van der Waals surface area contributed by atoms with Crippen molar-refractivity contribution in [3.8, 4) is 6.07 Å². The molecule has 0 aliphatic heterocycles. The molecule has 0 atom stereocenters. The number of benzene rings is 1. The maximum atomic E-state index is 12.3. The maximum Gasteiger partial charge on any atom is 0.337 e. The van der Waals surface area contributed by atoms with E-state index in [1.165, 1.54) is 24.3 Å². The molecule has 0 saturated heterocycles. The van der Waals surface area contributed by atoms with Gasteiger partial charge in [-0.15, -0.1) is 11.3 Å². The molecule has 0 aliphatic carbocycles. The van der Waals surface area contributed by atoms with Gasteiger partial charge in [0.25, 0.3) is 10.0 Å². The number of hydrogen-bond donors (Lipinski definition) is 2. The molecule has 1 heterocycles. The number of aryl methyl sites for hydroxylation is 1. The number of carboxylic acid groups (broad SMARTS) is 1. The summed E-state index contributed by atoms with van der Waals surface area (Å²) < 4.78 is 26.7. The highest BCUT2D eigenvalue weighted by Crippen LogP contribution is 2.27. The van der Waals surface area contributed by atoms with E-state index in [-0.39, 0.29) is 20.3 Å². The standard InChI is InChI=1S/C13H10N2O4S2/c1-8-3-2-4-10(13(16)17)12(8)15-21(18,19)11-6-5-9(7-14)20-11/h2-6,15H,1H3,(H,16,17). The topological polar surface area (TPSA) is 107 Å². The van der Waals surface area contributed by atoms with Gasteiger partial charge >= 0.3 is 5.97 Å². The first-order valence-electron chi connectivity index (χ1n) is 5.71. The number of aromatic carboxylic acids is 1. The lowest BCUT2D eigenvalue weighted by Crippen LogP contribution is -2.15. The molecule has 2 N–H and O–H groups in total.